The minimum absolute atomic E-state index is 0.558. The van der Waals surface area contributed by atoms with E-state index < -0.39 is 26.3 Å². The molecule has 0 aliphatic heterocycles. The maximum Gasteiger partial charge on any atom is 0.206 e. The molecule has 1 atom stereocenters. The largest absolute Gasteiger partial charge is 0.296 e. The van der Waals surface area contributed by atoms with E-state index in [1.807, 2.05) is 0 Å². The number of ketones is 1. The SMILES string of the molecule is CC(C)(C)C(=O)C(C#N)S(C)(=O)=O. The summed E-state index contributed by atoms with van der Waals surface area (Å²) in [5, 5.41) is 7.01. The van der Waals surface area contributed by atoms with Crippen LogP contribution in [0.4, 0.5) is 0 Å². The van der Waals surface area contributed by atoms with Crippen molar-refractivity contribution in [1.29, 1.82) is 5.26 Å². The zero-order valence-electron chi connectivity index (χ0n) is 8.16. The van der Waals surface area contributed by atoms with E-state index in [-0.39, 0.29) is 0 Å². The summed E-state index contributed by atoms with van der Waals surface area (Å²) < 4.78 is 22.0. The lowest BCUT2D eigenvalue weighted by Crippen LogP contribution is -2.36. The molecule has 0 aliphatic rings. The van der Waals surface area contributed by atoms with Crippen LogP contribution in [-0.4, -0.2) is 25.7 Å². The first-order valence-corrected chi connectivity index (χ1v) is 5.69. The lowest BCUT2D eigenvalue weighted by molar-refractivity contribution is -0.124. The van der Waals surface area contributed by atoms with Crippen LogP contribution >= 0.6 is 0 Å². The van der Waals surface area contributed by atoms with Crippen LogP contribution in [0.2, 0.25) is 0 Å². The lowest BCUT2D eigenvalue weighted by Gasteiger charge is -2.18. The van der Waals surface area contributed by atoms with E-state index in [0.29, 0.717) is 0 Å². The maximum absolute atomic E-state index is 11.4. The van der Waals surface area contributed by atoms with E-state index in [1.165, 1.54) is 6.07 Å². The first-order chi connectivity index (χ1) is 5.60. The third-order valence-corrected chi connectivity index (χ3v) is 2.70. The Bertz CT molecular complexity index is 343. The highest BCUT2D eigenvalue weighted by Gasteiger charge is 2.36. The summed E-state index contributed by atoms with van der Waals surface area (Å²) in [5.74, 6) is -0.558. The molecule has 0 saturated heterocycles. The number of sulfone groups is 1. The Balaban J connectivity index is 5.10. The van der Waals surface area contributed by atoms with Crippen molar-refractivity contribution in [2.24, 2.45) is 5.41 Å². The van der Waals surface area contributed by atoms with Crippen molar-refractivity contribution < 1.29 is 13.2 Å². The number of rotatable bonds is 2. The molecule has 13 heavy (non-hydrogen) atoms. The predicted octanol–water partition coefficient (Wildman–Crippen LogP) is 0.538. The molecule has 0 N–H and O–H groups in total. The van der Waals surface area contributed by atoms with Gasteiger partial charge in [0.05, 0.1) is 6.07 Å². The molecule has 0 aromatic heterocycles. The van der Waals surface area contributed by atoms with Gasteiger partial charge in [-0.2, -0.15) is 5.26 Å². The molecule has 0 rings (SSSR count). The monoisotopic (exact) mass is 203 g/mol. The number of nitrogens with zero attached hydrogens (tertiary/aromatic N) is 1. The summed E-state index contributed by atoms with van der Waals surface area (Å²) in [6.45, 7) is 4.76. The van der Waals surface area contributed by atoms with E-state index in [1.54, 1.807) is 20.8 Å². The fourth-order valence-electron chi connectivity index (χ4n) is 0.742. The highest BCUT2D eigenvalue weighted by molar-refractivity contribution is 7.92. The Kier molecular flexibility index (Phi) is 3.23. The van der Waals surface area contributed by atoms with Gasteiger partial charge in [-0.05, 0) is 0 Å². The van der Waals surface area contributed by atoms with Crippen LogP contribution < -0.4 is 0 Å². The number of carbonyl (C=O) groups excluding carboxylic acids is 1. The van der Waals surface area contributed by atoms with Crippen LogP contribution in [0.5, 0.6) is 0 Å². The van der Waals surface area contributed by atoms with E-state index in [9.17, 15) is 13.2 Å². The van der Waals surface area contributed by atoms with Gasteiger partial charge in [-0.3, -0.25) is 4.79 Å². The van der Waals surface area contributed by atoms with Crippen molar-refractivity contribution >= 4 is 15.6 Å². The quantitative estimate of drug-likeness (QED) is 0.656. The van der Waals surface area contributed by atoms with Crippen LogP contribution in [0.15, 0.2) is 0 Å². The van der Waals surface area contributed by atoms with Gasteiger partial charge in [-0.15, -0.1) is 0 Å². The topological polar surface area (TPSA) is 75.0 Å². The fourth-order valence-corrected chi connectivity index (χ4v) is 1.68. The number of Topliss-reactive ketones (excluding diaryl/α,β-unsaturated/α-hetero) is 1. The number of hydrogen-bond acceptors (Lipinski definition) is 4. The zero-order valence-corrected chi connectivity index (χ0v) is 8.97. The first kappa shape index (κ1) is 12.1. The third kappa shape index (κ3) is 3.15. The Hall–Kier alpha value is -0.890. The van der Waals surface area contributed by atoms with Crippen molar-refractivity contribution in [1.82, 2.24) is 0 Å². The number of carbonyl (C=O) groups is 1. The third-order valence-electron chi connectivity index (χ3n) is 1.52. The molecule has 74 valence electrons. The molecular weight excluding hydrogens is 190 g/mol. The first-order valence-electron chi connectivity index (χ1n) is 3.73. The highest BCUT2D eigenvalue weighted by Crippen LogP contribution is 2.19. The summed E-state index contributed by atoms with van der Waals surface area (Å²) in [6.07, 6.45) is 0.893. The van der Waals surface area contributed by atoms with Crippen LogP contribution in [0.25, 0.3) is 0 Å². The molecule has 0 aliphatic carbocycles. The number of nitriles is 1. The fraction of sp³-hybridized carbons (Fsp3) is 0.750. The van der Waals surface area contributed by atoms with Gasteiger partial charge in [-0.25, -0.2) is 8.42 Å². The van der Waals surface area contributed by atoms with E-state index in [4.69, 9.17) is 5.26 Å². The van der Waals surface area contributed by atoms with Gasteiger partial charge in [-0.1, -0.05) is 20.8 Å². The lowest BCUT2D eigenvalue weighted by atomic mass is 9.89. The average Bonchev–Trinajstić information content (AvgIpc) is 1.83. The molecule has 1 unspecified atom stereocenters. The van der Waals surface area contributed by atoms with E-state index in [0.717, 1.165) is 6.26 Å². The van der Waals surface area contributed by atoms with Gasteiger partial charge < -0.3 is 0 Å². The summed E-state index contributed by atoms with van der Waals surface area (Å²) >= 11 is 0. The molecule has 4 nitrogen and oxygen atoms in total. The number of hydrogen-bond donors (Lipinski definition) is 0. The van der Waals surface area contributed by atoms with Gasteiger partial charge in [0.25, 0.3) is 0 Å². The zero-order chi connectivity index (χ0) is 10.9. The highest BCUT2D eigenvalue weighted by atomic mass is 32.2. The van der Waals surface area contributed by atoms with Crippen LogP contribution in [-0.2, 0) is 14.6 Å². The van der Waals surface area contributed by atoms with Crippen molar-refractivity contribution in [3.63, 3.8) is 0 Å². The Morgan fingerprint density at radius 1 is 1.38 bits per heavy atom. The van der Waals surface area contributed by atoms with Gasteiger partial charge in [0.2, 0.25) is 5.25 Å². The van der Waals surface area contributed by atoms with Crippen LogP contribution in [0.3, 0.4) is 0 Å². The molecule has 0 bridgehead atoms. The summed E-state index contributed by atoms with van der Waals surface area (Å²) in [5.41, 5.74) is -0.802. The molecule has 0 aromatic rings. The molecule has 0 aromatic carbocycles. The molecular formula is C8H13NO3S. The van der Waals surface area contributed by atoms with Gasteiger partial charge in [0.1, 0.15) is 0 Å². The molecule has 0 spiro atoms. The summed E-state index contributed by atoms with van der Waals surface area (Å²) in [6, 6.07) is 1.51. The standard InChI is InChI=1S/C8H13NO3S/c1-8(2,3)7(10)6(5-9)13(4,11)12/h6H,1-4H3. The van der Waals surface area contributed by atoms with Crippen LogP contribution in [0, 0.1) is 16.7 Å². The molecule has 0 heterocycles. The van der Waals surface area contributed by atoms with Crippen LogP contribution in [0.1, 0.15) is 20.8 Å². The summed E-state index contributed by atoms with van der Waals surface area (Å²) in [7, 11) is -3.61. The second-order valence-corrected chi connectivity index (χ2v) is 6.08. The van der Waals surface area contributed by atoms with Gasteiger partial charge in [0.15, 0.2) is 15.6 Å². The minimum Gasteiger partial charge on any atom is -0.296 e. The molecule has 0 radical (unpaired) electrons. The van der Waals surface area contributed by atoms with Crippen molar-refractivity contribution in [3.05, 3.63) is 0 Å². The van der Waals surface area contributed by atoms with E-state index >= 15 is 0 Å². The normalized spacial score (nSPS) is 14.7. The average molecular weight is 203 g/mol. The molecule has 0 fully saturated rings. The van der Waals surface area contributed by atoms with Crippen molar-refractivity contribution in [2.45, 2.75) is 26.0 Å². The Morgan fingerprint density at radius 2 is 1.77 bits per heavy atom. The Labute approximate surface area is 78.5 Å². The van der Waals surface area contributed by atoms with E-state index in [2.05, 4.69) is 0 Å². The van der Waals surface area contributed by atoms with Crippen molar-refractivity contribution in [2.75, 3.05) is 6.26 Å². The molecule has 0 amide bonds. The second kappa shape index (κ2) is 3.46. The predicted molar refractivity (Wildman–Crippen MR) is 48.7 cm³/mol. The second-order valence-electron chi connectivity index (χ2n) is 3.95. The Morgan fingerprint density at radius 3 is 1.85 bits per heavy atom. The van der Waals surface area contributed by atoms with Crippen molar-refractivity contribution in [3.8, 4) is 6.07 Å². The minimum atomic E-state index is -3.61. The smallest absolute Gasteiger partial charge is 0.206 e. The van der Waals surface area contributed by atoms with Gasteiger partial charge >= 0.3 is 0 Å². The molecule has 5 heteroatoms. The van der Waals surface area contributed by atoms with Gasteiger partial charge in [0, 0.05) is 11.7 Å². The molecule has 0 saturated carbocycles. The maximum atomic E-state index is 11.4. The summed E-state index contributed by atoms with van der Waals surface area (Å²) in [4.78, 5) is 11.4.